The molecule has 2 heterocycles. The molecule has 44 heavy (non-hydrogen) atoms. The number of aromatic hydroxyl groups is 1. The molecule has 6 rings (SSSR count). The van der Waals surface area contributed by atoms with Crippen molar-refractivity contribution in [2.45, 2.75) is 13.0 Å². The highest BCUT2D eigenvalue weighted by Crippen LogP contribution is 2.26. The Bertz CT molecular complexity index is 2080. The Balaban J connectivity index is 1.34. The predicted molar refractivity (Wildman–Crippen MR) is 177 cm³/mol. The minimum atomic E-state index is -0.766. The highest BCUT2D eigenvalue weighted by atomic mass is 79.9. The monoisotopic (exact) mass is 668 g/mol. The number of aromatic amines is 2. The smallest absolute Gasteiger partial charge is 0.335 e. The average Bonchev–Trinajstić information content (AvgIpc) is 3.43. The van der Waals surface area contributed by atoms with Crippen LogP contribution in [-0.4, -0.2) is 31.9 Å². The molecule has 0 atom stereocenters. The molecule has 0 spiro atoms. The van der Waals surface area contributed by atoms with Crippen molar-refractivity contribution in [2.24, 2.45) is 4.99 Å². The van der Waals surface area contributed by atoms with Gasteiger partial charge in [0.05, 0.1) is 11.4 Å². The van der Waals surface area contributed by atoms with Gasteiger partial charge in [-0.1, -0.05) is 70.0 Å². The third-order valence-electron chi connectivity index (χ3n) is 7.16. The maximum Gasteiger partial charge on any atom is 0.335 e. The van der Waals surface area contributed by atoms with E-state index in [1.165, 1.54) is 0 Å². The SMILES string of the molecule is O=c1[nH]c(=O)n(-c2ccc(Br)cc2)c(O)c1C(=NCCc1c[nH]c2ccc(OCc3ccccc3)cc12)c1ccc(Cl)cc1. The zero-order valence-corrected chi connectivity index (χ0v) is 25.6. The zero-order valence-electron chi connectivity index (χ0n) is 23.3. The van der Waals surface area contributed by atoms with Gasteiger partial charge in [-0.25, -0.2) is 9.36 Å². The molecule has 0 fully saturated rings. The molecule has 10 heteroatoms. The van der Waals surface area contributed by atoms with Gasteiger partial charge in [-0.05, 0) is 72.1 Å². The van der Waals surface area contributed by atoms with E-state index in [4.69, 9.17) is 21.3 Å². The quantitative estimate of drug-likeness (QED) is 0.147. The third kappa shape index (κ3) is 6.24. The van der Waals surface area contributed by atoms with Gasteiger partial charge in [0.2, 0.25) is 5.88 Å². The lowest BCUT2D eigenvalue weighted by atomic mass is 10.0. The summed E-state index contributed by atoms with van der Waals surface area (Å²) >= 11 is 9.52. The second-order valence-corrected chi connectivity index (χ2v) is 11.4. The molecular formula is C34H26BrClN4O4. The lowest BCUT2D eigenvalue weighted by Crippen LogP contribution is -2.33. The molecule has 6 aromatic rings. The van der Waals surface area contributed by atoms with E-state index in [1.807, 2.05) is 54.7 Å². The standard InChI is InChI=1S/C34H26BrClN4O4/c35-24-8-12-26(13-9-24)40-33(42)30(32(41)39-34(40)43)31(22-6-10-25(36)11-7-22)37-17-16-23-19-38-29-15-14-27(18-28(23)29)44-20-21-4-2-1-3-5-21/h1-15,18-19,38,42H,16-17,20H2,(H,39,41,43). The number of hydrogen-bond donors (Lipinski definition) is 3. The molecule has 0 radical (unpaired) electrons. The van der Waals surface area contributed by atoms with Gasteiger partial charge >= 0.3 is 5.69 Å². The van der Waals surface area contributed by atoms with Crippen molar-refractivity contribution in [3.05, 3.63) is 156 Å². The fourth-order valence-electron chi connectivity index (χ4n) is 4.97. The molecule has 0 saturated carbocycles. The number of H-pyrrole nitrogens is 2. The van der Waals surface area contributed by atoms with Gasteiger partial charge in [0, 0.05) is 38.7 Å². The number of nitrogens with one attached hydrogen (secondary N) is 2. The number of aliphatic imine (C=N–C) groups is 1. The Morgan fingerprint density at radius 2 is 1.70 bits per heavy atom. The van der Waals surface area contributed by atoms with Crippen molar-refractivity contribution in [3.63, 3.8) is 0 Å². The molecule has 0 saturated heterocycles. The van der Waals surface area contributed by atoms with Crippen molar-refractivity contribution < 1.29 is 9.84 Å². The van der Waals surface area contributed by atoms with Gasteiger partial charge in [-0.15, -0.1) is 0 Å². The number of nitrogens with zero attached hydrogens (tertiary/aromatic N) is 2. The highest BCUT2D eigenvalue weighted by molar-refractivity contribution is 9.10. The molecule has 3 N–H and O–H groups in total. The molecule has 4 aromatic carbocycles. The van der Waals surface area contributed by atoms with Crippen LogP contribution in [0.3, 0.4) is 0 Å². The van der Waals surface area contributed by atoms with Crippen LogP contribution in [0, 0.1) is 0 Å². The maximum absolute atomic E-state index is 13.2. The van der Waals surface area contributed by atoms with Crippen LogP contribution in [0.5, 0.6) is 11.6 Å². The molecular weight excluding hydrogens is 644 g/mol. The predicted octanol–water partition coefficient (Wildman–Crippen LogP) is 6.79. The summed E-state index contributed by atoms with van der Waals surface area (Å²) in [4.78, 5) is 36.4. The topological polar surface area (TPSA) is 112 Å². The Hall–Kier alpha value is -4.86. The fourth-order valence-corrected chi connectivity index (χ4v) is 5.36. The van der Waals surface area contributed by atoms with Crippen LogP contribution in [0.15, 0.2) is 122 Å². The summed E-state index contributed by atoms with van der Waals surface area (Å²) in [7, 11) is 0. The second-order valence-electron chi connectivity index (χ2n) is 10.1. The van der Waals surface area contributed by atoms with Crippen molar-refractivity contribution in [1.82, 2.24) is 14.5 Å². The molecule has 0 bridgehead atoms. The fraction of sp³-hybridized carbons (Fsp3) is 0.0882. The lowest BCUT2D eigenvalue weighted by Gasteiger charge is -2.14. The molecule has 2 aromatic heterocycles. The maximum atomic E-state index is 13.2. The number of aromatic nitrogens is 3. The number of ether oxygens (including phenoxy) is 1. The first kappa shape index (κ1) is 29.2. The van der Waals surface area contributed by atoms with E-state index in [2.05, 4.69) is 25.9 Å². The van der Waals surface area contributed by atoms with Crippen LogP contribution in [0.2, 0.25) is 5.02 Å². The summed E-state index contributed by atoms with van der Waals surface area (Å²) in [6.07, 6.45) is 2.46. The van der Waals surface area contributed by atoms with E-state index >= 15 is 0 Å². The number of rotatable bonds is 9. The van der Waals surface area contributed by atoms with Crippen LogP contribution in [-0.2, 0) is 13.0 Å². The number of benzene rings is 4. The van der Waals surface area contributed by atoms with Gasteiger partial charge in [-0.2, -0.15) is 0 Å². The van der Waals surface area contributed by atoms with Crippen LogP contribution in [0.25, 0.3) is 16.6 Å². The number of fused-ring (bicyclic) bond motifs is 1. The third-order valence-corrected chi connectivity index (χ3v) is 7.94. The van der Waals surface area contributed by atoms with Crippen LogP contribution in [0.4, 0.5) is 0 Å². The van der Waals surface area contributed by atoms with E-state index in [0.29, 0.717) is 29.3 Å². The van der Waals surface area contributed by atoms with E-state index < -0.39 is 17.1 Å². The van der Waals surface area contributed by atoms with Gasteiger partial charge in [0.1, 0.15) is 17.9 Å². The Labute approximate surface area is 265 Å². The Morgan fingerprint density at radius 3 is 2.45 bits per heavy atom. The first-order valence-electron chi connectivity index (χ1n) is 13.8. The Kier molecular flexibility index (Phi) is 8.49. The Morgan fingerprint density at radius 1 is 0.955 bits per heavy atom. The van der Waals surface area contributed by atoms with Crippen molar-refractivity contribution >= 4 is 44.1 Å². The largest absolute Gasteiger partial charge is 0.493 e. The number of halogens is 2. The lowest BCUT2D eigenvalue weighted by molar-refractivity contribution is 0.306. The first-order valence-corrected chi connectivity index (χ1v) is 15.0. The van der Waals surface area contributed by atoms with Crippen molar-refractivity contribution in [2.75, 3.05) is 6.54 Å². The van der Waals surface area contributed by atoms with E-state index in [-0.39, 0.29) is 17.8 Å². The molecule has 0 aliphatic rings. The van der Waals surface area contributed by atoms with Crippen molar-refractivity contribution in [1.29, 1.82) is 0 Å². The molecule has 8 nitrogen and oxygen atoms in total. The summed E-state index contributed by atoms with van der Waals surface area (Å²) in [6.45, 7) is 0.748. The summed E-state index contributed by atoms with van der Waals surface area (Å²) < 4.78 is 7.88. The molecule has 0 amide bonds. The van der Waals surface area contributed by atoms with Crippen LogP contribution >= 0.6 is 27.5 Å². The summed E-state index contributed by atoms with van der Waals surface area (Å²) in [5.41, 5.74) is 2.60. The molecule has 0 aliphatic heterocycles. The van der Waals surface area contributed by atoms with Gasteiger partial charge < -0.3 is 14.8 Å². The number of hydrogen-bond acceptors (Lipinski definition) is 5. The van der Waals surface area contributed by atoms with Gasteiger partial charge in [0.15, 0.2) is 0 Å². The van der Waals surface area contributed by atoms with E-state index in [0.717, 1.165) is 36.8 Å². The molecule has 220 valence electrons. The van der Waals surface area contributed by atoms with E-state index in [9.17, 15) is 14.7 Å². The van der Waals surface area contributed by atoms with Gasteiger partial charge in [0.25, 0.3) is 5.56 Å². The van der Waals surface area contributed by atoms with Gasteiger partial charge in [-0.3, -0.25) is 14.8 Å². The molecule has 0 aliphatic carbocycles. The average molecular weight is 670 g/mol. The first-order chi connectivity index (χ1) is 21.4. The van der Waals surface area contributed by atoms with Crippen LogP contribution < -0.4 is 16.0 Å². The molecule has 0 unspecified atom stereocenters. The second kappa shape index (κ2) is 12.8. The van der Waals surface area contributed by atoms with Crippen molar-refractivity contribution in [3.8, 4) is 17.3 Å². The summed E-state index contributed by atoms with van der Waals surface area (Å²) in [6, 6.07) is 29.4. The highest BCUT2D eigenvalue weighted by Gasteiger charge is 2.22. The minimum Gasteiger partial charge on any atom is -0.493 e. The summed E-state index contributed by atoms with van der Waals surface area (Å²) in [5.74, 6) is 0.237. The van der Waals surface area contributed by atoms with E-state index in [1.54, 1.807) is 48.5 Å². The zero-order chi connectivity index (χ0) is 30.6. The van der Waals surface area contributed by atoms with Crippen LogP contribution in [0.1, 0.15) is 22.3 Å². The summed E-state index contributed by atoms with van der Waals surface area (Å²) in [5, 5.41) is 12.9. The normalized spacial score (nSPS) is 11.6. The minimum absolute atomic E-state index is 0.120.